The van der Waals surface area contributed by atoms with Gasteiger partial charge in [-0.2, -0.15) is 0 Å². The van der Waals surface area contributed by atoms with Crippen LogP contribution in [0.3, 0.4) is 0 Å². The zero-order valence-electron chi connectivity index (χ0n) is 22.3. The van der Waals surface area contributed by atoms with Crippen LogP contribution >= 0.6 is 0 Å². The molecule has 200 valence electrons. The van der Waals surface area contributed by atoms with E-state index in [-0.39, 0.29) is 0 Å². The van der Waals surface area contributed by atoms with E-state index >= 15 is 0 Å². The third-order valence-corrected chi connectivity index (χ3v) is 12.2. The van der Waals surface area contributed by atoms with E-state index in [2.05, 4.69) is 10.6 Å². The van der Waals surface area contributed by atoms with Gasteiger partial charge in [-0.1, -0.05) is 25.7 Å². The minimum Gasteiger partial charge on any atom is -0.370 e. The lowest BCUT2D eigenvalue weighted by molar-refractivity contribution is 0.384. The first kappa shape index (κ1) is 23.6. The highest BCUT2D eigenvalue weighted by Gasteiger charge is 2.43. The molecule has 8 saturated carbocycles. The summed E-state index contributed by atoms with van der Waals surface area (Å²) in [5, 5.41) is 7.05. The van der Waals surface area contributed by atoms with Crippen LogP contribution in [0.2, 0.25) is 0 Å². The lowest BCUT2D eigenvalue weighted by atomic mass is 9.95. The maximum atomic E-state index is 6.14. The van der Waals surface area contributed by atoms with Crippen LogP contribution in [0.25, 0.3) is 0 Å². The van der Waals surface area contributed by atoms with Crippen molar-refractivity contribution in [3.8, 4) is 0 Å². The van der Waals surface area contributed by atoms with Crippen LogP contribution in [0.4, 0.5) is 0 Å². The number of hydrogen-bond acceptors (Lipinski definition) is 2. The summed E-state index contributed by atoms with van der Waals surface area (Å²) in [6.07, 6.45) is 22.3. The molecule has 0 radical (unpaired) electrons. The third-order valence-electron chi connectivity index (χ3n) is 12.2. The van der Waals surface area contributed by atoms with Crippen LogP contribution in [-0.2, 0) is 0 Å². The zero-order valence-corrected chi connectivity index (χ0v) is 22.3. The summed E-state index contributed by atoms with van der Waals surface area (Å²) in [7, 11) is 0. The van der Waals surface area contributed by atoms with Crippen molar-refractivity contribution in [1.82, 2.24) is 10.6 Å². The highest BCUT2D eigenvalue weighted by Crippen LogP contribution is 2.48. The molecule has 6 N–H and O–H groups in total. The van der Waals surface area contributed by atoms with Gasteiger partial charge >= 0.3 is 0 Å². The van der Waals surface area contributed by atoms with Crippen molar-refractivity contribution in [2.45, 2.75) is 127 Å². The standard InChI is InChI=1S/2C15H25N3/c2*16-15(17-13-7-9-1-3-11(13)5-9)18-14-8-10-2-4-12(14)6-10/h2*9-14H,1-8H2,(H3,16,17,18). The molecule has 8 rings (SSSR count). The minimum absolute atomic E-state index is 0.537. The fourth-order valence-corrected chi connectivity index (χ4v) is 10.4. The van der Waals surface area contributed by atoms with Crippen LogP contribution in [-0.4, -0.2) is 36.1 Å². The van der Waals surface area contributed by atoms with Crippen molar-refractivity contribution in [2.75, 3.05) is 0 Å². The van der Waals surface area contributed by atoms with Gasteiger partial charge in [0.1, 0.15) is 0 Å². The third kappa shape index (κ3) is 4.75. The summed E-state index contributed by atoms with van der Waals surface area (Å²) in [4.78, 5) is 9.58. The van der Waals surface area contributed by atoms with Gasteiger partial charge in [-0.15, -0.1) is 0 Å². The predicted molar refractivity (Wildman–Crippen MR) is 146 cm³/mol. The molecule has 12 atom stereocenters. The highest BCUT2D eigenvalue weighted by molar-refractivity contribution is 5.79. The number of hydrogen-bond donors (Lipinski definition) is 4. The van der Waals surface area contributed by atoms with E-state index < -0.39 is 0 Å². The molecular weight excluding hydrogens is 444 g/mol. The van der Waals surface area contributed by atoms with Crippen LogP contribution in [0.15, 0.2) is 9.98 Å². The average molecular weight is 495 g/mol. The predicted octanol–water partition coefficient (Wildman–Crippen LogP) is 4.54. The van der Waals surface area contributed by atoms with Crippen molar-refractivity contribution in [1.29, 1.82) is 0 Å². The smallest absolute Gasteiger partial charge is 0.189 e. The van der Waals surface area contributed by atoms with E-state index in [0.717, 1.165) is 59.3 Å². The molecule has 0 saturated heterocycles. The Labute approximate surface area is 218 Å². The molecule has 0 aromatic heterocycles. The number of guanidine groups is 2. The van der Waals surface area contributed by atoms with Crippen molar-refractivity contribution >= 4 is 11.9 Å². The monoisotopic (exact) mass is 494 g/mol. The number of fused-ring (bicyclic) bond motifs is 8. The number of nitrogens with two attached hydrogens (primary N) is 2. The van der Waals surface area contributed by atoms with Gasteiger partial charge in [0.2, 0.25) is 0 Å². The van der Waals surface area contributed by atoms with Crippen LogP contribution in [0, 0.1) is 47.3 Å². The van der Waals surface area contributed by atoms with E-state index in [9.17, 15) is 0 Å². The molecule has 0 spiro atoms. The summed E-state index contributed by atoms with van der Waals surface area (Å²) in [6.45, 7) is 0. The summed E-state index contributed by atoms with van der Waals surface area (Å²) in [5.74, 6) is 8.79. The van der Waals surface area contributed by atoms with Crippen LogP contribution < -0.4 is 22.1 Å². The first-order chi connectivity index (χ1) is 17.6. The summed E-state index contributed by atoms with van der Waals surface area (Å²) in [5.41, 5.74) is 12.3. The Morgan fingerprint density at radius 1 is 0.444 bits per heavy atom. The second-order valence-corrected chi connectivity index (χ2v) is 14.4. The summed E-state index contributed by atoms with van der Waals surface area (Å²) >= 11 is 0. The Morgan fingerprint density at radius 2 is 0.806 bits per heavy atom. The molecule has 12 unspecified atom stereocenters. The largest absolute Gasteiger partial charge is 0.370 e. The van der Waals surface area contributed by atoms with Gasteiger partial charge in [0.15, 0.2) is 11.9 Å². The van der Waals surface area contributed by atoms with Gasteiger partial charge in [-0.3, -0.25) is 0 Å². The first-order valence-corrected chi connectivity index (χ1v) is 15.7. The van der Waals surface area contributed by atoms with Crippen molar-refractivity contribution in [2.24, 2.45) is 68.8 Å². The molecule has 8 aliphatic carbocycles. The lowest BCUT2D eigenvalue weighted by Crippen LogP contribution is -2.43. The van der Waals surface area contributed by atoms with Gasteiger partial charge in [-0.05, 0) is 124 Å². The molecule has 0 heterocycles. The topological polar surface area (TPSA) is 101 Å². The Kier molecular flexibility index (Phi) is 6.36. The maximum absolute atomic E-state index is 6.14. The molecule has 0 aliphatic heterocycles. The lowest BCUT2D eigenvalue weighted by Gasteiger charge is -2.25. The van der Waals surface area contributed by atoms with Crippen molar-refractivity contribution in [3.05, 3.63) is 0 Å². The van der Waals surface area contributed by atoms with Gasteiger partial charge in [-0.25, -0.2) is 9.98 Å². The molecule has 6 heteroatoms. The molecule has 36 heavy (non-hydrogen) atoms. The zero-order chi connectivity index (χ0) is 24.2. The molecular formula is C30H50N6. The molecule has 0 aromatic rings. The summed E-state index contributed by atoms with van der Waals surface area (Å²) in [6, 6.07) is 2.34. The fraction of sp³-hybridized carbons (Fsp3) is 0.933. The highest BCUT2D eigenvalue weighted by atomic mass is 15.1. The molecule has 0 amide bonds. The number of nitrogens with zero attached hydrogens (tertiary/aromatic N) is 2. The molecule has 0 aromatic carbocycles. The second kappa shape index (κ2) is 9.69. The van der Waals surface area contributed by atoms with E-state index in [1.54, 1.807) is 0 Å². The minimum atomic E-state index is 0.537. The fourth-order valence-electron chi connectivity index (χ4n) is 10.4. The summed E-state index contributed by atoms with van der Waals surface area (Å²) < 4.78 is 0. The normalized spacial score (nSPS) is 50.1. The van der Waals surface area contributed by atoms with E-state index in [1.165, 1.54) is 103 Å². The van der Waals surface area contributed by atoms with Crippen LogP contribution in [0.5, 0.6) is 0 Å². The van der Waals surface area contributed by atoms with Crippen molar-refractivity contribution in [3.63, 3.8) is 0 Å². The number of nitrogens with one attached hydrogen (secondary N) is 2. The van der Waals surface area contributed by atoms with Crippen molar-refractivity contribution < 1.29 is 0 Å². The molecule has 6 nitrogen and oxygen atoms in total. The molecule has 8 bridgehead atoms. The quantitative estimate of drug-likeness (QED) is 0.341. The van der Waals surface area contributed by atoms with Gasteiger partial charge in [0, 0.05) is 12.1 Å². The van der Waals surface area contributed by atoms with Gasteiger partial charge in [0.05, 0.1) is 12.1 Å². The molecule has 8 fully saturated rings. The van der Waals surface area contributed by atoms with E-state index in [0.29, 0.717) is 24.2 Å². The Bertz CT molecular complexity index is 800. The maximum Gasteiger partial charge on any atom is 0.189 e. The first-order valence-electron chi connectivity index (χ1n) is 15.7. The van der Waals surface area contributed by atoms with Gasteiger partial charge in [0.25, 0.3) is 0 Å². The number of aliphatic imine (C=N–C) groups is 2. The Hall–Kier alpha value is -1.46. The Morgan fingerprint density at radius 3 is 1.08 bits per heavy atom. The SMILES string of the molecule is NC(=NC1CC2CCC1C2)NC1CC2CCC1C2.NC(=NC1CC2CCC1C2)NC1CC2CCC1C2. The van der Waals surface area contributed by atoms with Crippen LogP contribution in [0.1, 0.15) is 103 Å². The van der Waals surface area contributed by atoms with E-state index in [4.69, 9.17) is 21.5 Å². The molecule has 8 aliphatic rings. The number of rotatable bonds is 4. The second-order valence-electron chi connectivity index (χ2n) is 14.4. The van der Waals surface area contributed by atoms with E-state index in [1.807, 2.05) is 0 Å². The average Bonchev–Trinajstić information content (AvgIpc) is 3.68. The van der Waals surface area contributed by atoms with Gasteiger partial charge < -0.3 is 22.1 Å². The Balaban J connectivity index is 0.000000122.